The molecule has 0 saturated carbocycles. The van der Waals surface area contributed by atoms with Crippen molar-refractivity contribution < 1.29 is 28.3 Å². The number of nitrogens with two attached hydrogens (primary N) is 1. The Morgan fingerprint density at radius 2 is 2.00 bits per heavy atom. The number of rotatable bonds is 8. The predicted octanol–water partition coefficient (Wildman–Crippen LogP) is 5.17. The maximum Gasteiger partial charge on any atom is 0.341 e. The lowest BCUT2D eigenvalue weighted by Crippen LogP contribution is -2.14. The second-order valence-electron chi connectivity index (χ2n) is 6.43. The number of nitrogens with one attached hydrogen (secondary N) is 1. The second-order valence-corrected chi connectivity index (χ2v) is 8.77. The quantitative estimate of drug-likeness (QED) is 0.379. The van der Waals surface area contributed by atoms with Gasteiger partial charge in [-0.25, -0.2) is 4.79 Å². The smallest absolute Gasteiger partial charge is 0.341 e. The van der Waals surface area contributed by atoms with E-state index in [0.29, 0.717) is 22.1 Å². The Hall–Kier alpha value is -2.82. The van der Waals surface area contributed by atoms with Gasteiger partial charge in [0.25, 0.3) is 11.8 Å². The summed E-state index contributed by atoms with van der Waals surface area (Å²) in [6, 6.07) is 8.24. The molecule has 2 heterocycles. The molecule has 168 valence electrons. The molecular formula is C21H18BrClN2O6S. The Labute approximate surface area is 200 Å². The number of ether oxygens (including phenoxy) is 2. The van der Waals surface area contributed by atoms with Crippen LogP contribution in [0.4, 0.5) is 5.00 Å². The summed E-state index contributed by atoms with van der Waals surface area (Å²) in [5, 5.41) is 3.17. The number of halogens is 2. The molecule has 0 atom stereocenters. The van der Waals surface area contributed by atoms with Gasteiger partial charge in [-0.3, -0.25) is 9.59 Å². The summed E-state index contributed by atoms with van der Waals surface area (Å²) in [6.45, 7) is 3.40. The fraction of sp³-hybridized carbons (Fsp3) is 0.190. The first-order valence-electron chi connectivity index (χ1n) is 9.29. The Bertz CT molecular complexity index is 1190. The number of carbonyl (C=O) groups is 3. The first-order valence-corrected chi connectivity index (χ1v) is 11.3. The van der Waals surface area contributed by atoms with E-state index in [1.54, 1.807) is 38.1 Å². The van der Waals surface area contributed by atoms with Crippen LogP contribution in [-0.4, -0.2) is 24.4 Å². The van der Waals surface area contributed by atoms with Gasteiger partial charge >= 0.3 is 5.97 Å². The van der Waals surface area contributed by atoms with Crippen LogP contribution in [0.25, 0.3) is 0 Å². The molecule has 0 aliphatic rings. The molecule has 0 radical (unpaired) electrons. The molecule has 11 heteroatoms. The molecule has 0 aliphatic carbocycles. The molecule has 3 N–H and O–H groups in total. The van der Waals surface area contributed by atoms with Crippen molar-refractivity contribution >= 4 is 61.7 Å². The van der Waals surface area contributed by atoms with Crippen molar-refractivity contribution in [1.29, 1.82) is 0 Å². The minimum absolute atomic E-state index is 0.00742. The van der Waals surface area contributed by atoms with E-state index < -0.39 is 17.8 Å². The Morgan fingerprint density at radius 3 is 2.66 bits per heavy atom. The van der Waals surface area contributed by atoms with E-state index >= 15 is 0 Å². The monoisotopic (exact) mass is 540 g/mol. The van der Waals surface area contributed by atoms with E-state index in [0.717, 1.165) is 15.8 Å². The third-order valence-corrected chi connectivity index (χ3v) is 6.24. The zero-order chi connectivity index (χ0) is 23.4. The van der Waals surface area contributed by atoms with Gasteiger partial charge < -0.3 is 24.9 Å². The Kier molecular flexibility index (Phi) is 7.60. The second kappa shape index (κ2) is 10.2. The van der Waals surface area contributed by atoms with E-state index in [2.05, 4.69) is 21.2 Å². The molecule has 3 rings (SSSR count). The highest BCUT2D eigenvalue weighted by atomic mass is 79.9. The van der Waals surface area contributed by atoms with E-state index in [1.165, 1.54) is 6.07 Å². The first kappa shape index (κ1) is 23.8. The molecule has 8 nitrogen and oxygen atoms in total. The van der Waals surface area contributed by atoms with Crippen LogP contribution in [0.3, 0.4) is 0 Å². The summed E-state index contributed by atoms with van der Waals surface area (Å²) in [4.78, 5) is 36.9. The van der Waals surface area contributed by atoms with Crippen molar-refractivity contribution in [1.82, 2.24) is 0 Å². The lowest BCUT2D eigenvalue weighted by molar-refractivity contribution is 0.0527. The van der Waals surface area contributed by atoms with Crippen molar-refractivity contribution in [2.75, 3.05) is 11.9 Å². The zero-order valence-corrected chi connectivity index (χ0v) is 20.2. The van der Waals surface area contributed by atoms with Crippen molar-refractivity contribution in [3.05, 3.63) is 67.4 Å². The number of anilines is 1. The molecule has 0 saturated heterocycles. The fourth-order valence-corrected chi connectivity index (χ4v) is 4.54. The molecule has 0 spiro atoms. The van der Waals surface area contributed by atoms with E-state index in [9.17, 15) is 14.4 Å². The van der Waals surface area contributed by atoms with Crippen LogP contribution in [-0.2, 0) is 11.3 Å². The molecule has 1 aromatic carbocycles. The molecule has 2 aromatic heterocycles. The summed E-state index contributed by atoms with van der Waals surface area (Å²) >= 11 is 10.3. The van der Waals surface area contributed by atoms with Crippen LogP contribution in [0.2, 0.25) is 5.02 Å². The van der Waals surface area contributed by atoms with E-state index in [-0.39, 0.29) is 34.4 Å². The fourth-order valence-electron chi connectivity index (χ4n) is 2.77. The first-order chi connectivity index (χ1) is 15.2. The van der Waals surface area contributed by atoms with Crippen LogP contribution in [0.1, 0.15) is 48.8 Å². The van der Waals surface area contributed by atoms with Gasteiger partial charge in [-0.2, -0.15) is 0 Å². The number of thiophene rings is 1. The molecule has 2 amide bonds. The molecule has 3 aromatic rings. The number of hydrogen-bond acceptors (Lipinski definition) is 7. The Morgan fingerprint density at radius 1 is 1.25 bits per heavy atom. The van der Waals surface area contributed by atoms with E-state index in [4.69, 9.17) is 31.2 Å². The topological polar surface area (TPSA) is 121 Å². The predicted molar refractivity (Wildman–Crippen MR) is 124 cm³/mol. The zero-order valence-electron chi connectivity index (χ0n) is 17.0. The van der Waals surface area contributed by atoms with Gasteiger partial charge in [0.2, 0.25) is 0 Å². The average molecular weight is 542 g/mol. The normalized spacial score (nSPS) is 10.6. The number of carbonyl (C=O) groups excluding carboxylic acids is 3. The molecule has 32 heavy (non-hydrogen) atoms. The van der Waals surface area contributed by atoms with Crippen LogP contribution in [0.5, 0.6) is 5.75 Å². The third kappa shape index (κ3) is 5.32. The van der Waals surface area contributed by atoms with Crippen molar-refractivity contribution in [2.24, 2.45) is 5.73 Å². The van der Waals surface area contributed by atoms with Crippen LogP contribution >= 0.6 is 38.9 Å². The van der Waals surface area contributed by atoms with Gasteiger partial charge in [-0.15, -0.1) is 11.3 Å². The van der Waals surface area contributed by atoms with Gasteiger partial charge in [0.05, 0.1) is 22.1 Å². The number of primary amides is 1. The summed E-state index contributed by atoms with van der Waals surface area (Å²) in [7, 11) is 0. The third-order valence-electron chi connectivity index (χ3n) is 4.23. The van der Waals surface area contributed by atoms with E-state index in [1.807, 2.05) is 0 Å². The maximum atomic E-state index is 12.7. The summed E-state index contributed by atoms with van der Waals surface area (Å²) in [5.41, 5.74) is 5.80. The van der Waals surface area contributed by atoms with Crippen LogP contribution < -0.4 is 15.8 Å². The lowest BCUT2D eigenvalue weighted by atomic mass is 10.1. The SMILES string of the molecule is CCOC(=O)c1c(NC(=O)c2ccc(COc3ccc(Br)cc3Cl)o2)sc(C(N)=O)c1C. The molecule has 0 aliphatic heterocycles. The van der Waals surface area contributed by atoms with Crippen molar-refractivity contribution in [3.8, 4) is 5.75 Å². The molecule has 0 fully saturated rings. The standard InChI is InChI=1S/C21H18BrClN2O6S/c1-3-29-21(28)16-10(2)17(18(24)26)32-20(16)25-19(27)15-7-5-12(31-15)9-30-14-6-4-11(22)8-13(14)23/h4-8H,3,9H2,1-2H3,(H2,24,26)(H,25,27). The highest BCUT2D eigenvalue weighted by Crippen LogP contribution is 2.34. The molecule has 0 unspecified atom stereocenters. The van der Waals surface area contributed by atoms with Gasteiger partial charge in [0.1, 0.15) is 23.1 Å². The molecular weight excluding hydrogens is 524 g/mol. The minimum Gasteiger partial charge on any atom is -0.484 e. The number of furan rings is 1. The van der Waals surface area contributed by atoms with Crippen LogP contribution in [0.15, 0.2) is 39.2 Å². The van der Waals surface area contributed by atoms with Crippen molar-refractivity contribution in [2.45, 2.75) is 20.5 Å². The van der Waals surface area contributed by atoms with Crippen molar-refractivity contribution in [3.63, 3.8) is 0 Å². The van der Waals surface area contributed by atoms with Crippen LogP contribution in [0, 0.1) is 6.92 Å². The summed E-state index contributed by atoms with van der Waals surface area (Å²) < 4.78 is 17.0. The van der Waals surface area contributed by atoms with Gasteiger partial charge in [0, 0.05) is 4.47 Å². The average Bonchev–Trinajstić information content (AvgIpc) is 3.32. The van der Waals surface area contributed by atoms with Gasteiger partial charge in [-0.1, -0.05) is 27.5 Å². The number of hydrogen-bond donors (Lipinski definition) is 2. The Balaban J connectivity index is 1.75. The van der Waals surface area contributed by atoms with Gasteiger partial charge in [-0.05, 0) is 49.7 Å². The summed E-state index contributed by atoms with van der Waals surface area (Å²) in [6.07, 6.45) is 0. The van der Waals surface area contributed by atoms with Gasteiger partial charge in [0.15, 0.2) is 5.76 Å². The largest absolute Gasteiger partial charge is 0.484 e. The summed E-state index contributed by atoms with van der Waals surface area (Å²) in [5.74, 6) is -1.14. The number of benzene rings is 1. The number of esters is 1. The number of amides is 2. The highest BCUT2D eigenvalue weighted by Gasteiger charge is 2.26. The minimum atomic E-state index is -0.706. The molecule has 0 bridgehead atoms. The highest BCUT2D eigenvalue weighted by molar-refractivity contribution is 9.10. The maximum absolute atomic E-state index is 12.7. The lowest BCUT2D eigenvalue weighted by Gasteiger charge is -2.07.